The van der Waals surface area contributed by atoms with Crippen LogP contribution in [0.3, 0.4) is 0 Å². The molecule has 2 heterocycles. The summed E-state index contributed by atoms with van der Waals surface area (Å²) < 4.78 is 39.3. The molecule has 1 aromatic heterocycles. The lowest BCUT2D eigenvalue weighted by atomic mass is 9.85. The average Bonchev–Trinajstić information content (AvgIpc) is 2.87. The zero-order chi connectivity index (χ0) is 28.1. The second kappa shape index (κ2) is 10.3. The fourth-order valence-electron chi connectivity index (χ4n) is 5.80. The molecule has 0 amide bonds. The number of ether oxygens (including phenoxy) is 4. The smallest absolute Gasteiger partial charge is 0.340 e. The van der Waals surface area contributed by atoms with Gasteiger partial charge in [0.15, 0.2) is 17.7 Å². The summed E-state index contributed by atoms with van der Waals surface area (Å²) in [6, 6.07) is 7.52. The number of rotatable bonds is 6. The molecule has 0 bridgehead atoms. The van der Waals surface area contributed by atoms with E-state index in [1.165, 1.54) is 6.07 Å². The number of aryl methyl sites for hydroxylation is 3. The number of carbonyl (C=O) groups excluding carboxylic acids is 1. The minimum atomic E-state index is -1.04. The second-order valence-corrected chi connectivity index (χ2v) is 11.0. The van der Waals surface area contributed by atoms with Gasteiger partial charge in [0.25, 0.3) is 0 Å². The first-order chi connectivity index (χ1) is 18.6. The van der Waals surface area contributed by atoms with Gasteiger partial charge in [0.1, 0.15) is 5.75 Å². The van der Waals surface area contributed by atoms with Gasteiger partial charge in [0.2, 0.25) is 0 Å². The van der Waals surface area contributed by atoms with Crippen LogP contribution in [0, 0.1) is 19.7 Å². The first-order valence-electron chi connectivity index (χ1n) is 13.7. The van der Waals surface area contributed by atoms with Gasteiger partial charge in [-0.2, -0.15) is 0 Å². The highest BCUT2D eigenvalue weighted by atomic mass is 19.1. The van der Waals surface area contributed by atoms with E-state index >= 15 is 4.39 Å². The molecule has 3 aromatic carbocycles. The Hall–Kier alpha value is -3.45. The lowest BCUT2D eigenvalue weighted by molar-refractivity contribution is -0.166. The number of nitrogens with zero attached hydrogens (tertiary/aromatic N) is 1. The Kier molecular flexibility index (Phi) is 7.14. The van der Waals surface area contributed by atoms with Crippen LogP contribution in [-0.2, 0) is 20.7 Å². The van der Waals surface area contributed by atoms with Crippen molar-refractivity contribution in [3.8, 4) is 11.5 Å². The highest BCUT2D eigenvalue weighted by Gasteiger charge is 2.34. The van der Waals surface area contributed by atoms with Crippen molar-refractivity contribution in [1.82, 2.24) is 4.98 Å². The third-order valence-electron chi connectivity index (χ3n) is 7.10. The summed E-state index contributed by atoms with van der Waals surface area (Å²) in [6.07, 6.45) is 0.427. The van der Waals surface area contributed by atoms with E-state index < -0.39 is 23.5 Å². The quantitative estimate of drug-likeness (QED) is 0.190. The van der Waals surface area contributed by atoms with Crippen LogP contribution in [0.2, 0.25) is 0 Å². The Bertz CT molecular complexity index is 1600. The Morgan fingerprint density at radius 3 is 2.49 bits per heavy atom. The van der Waals surface area contributed by atoms with Gasteiger partial charge >= 0.3 is 5.97 Å². The van der Waals surface area contributed by atoms with E-state index in [0.717, 1.165) is 50.4 Å². The highest BCUT2D eigenvalue weighted by Crippen LogP contribution is 2.47. The SMILES string of the molecule is CCOC(=O)[C@@H](OC(C)(C)C)c1c(C)nc(C)c2c3ccc(OCC)cc3c3c4c(c(F)cc3c12)OCCC4. The first kappa shape index (κ1) is 27.1. The van der Waals surface area contributed by atoms with Crippen molar-refractivity contribution in [2.75, 3.05) is 19.8 Å². The number of halogens is 1. The lowest BCUT2D eigenvalue weighted by Crippen LogP contribution is -2.29. The molecular weight excluding hydrogens is 497 g/mol. The van der Waals surface area contributed by atoms with Gasteiger partial charge < -0.3 is 18.9 Å². The molecular formula is C32H36FNO5. The van der Waals surface area contributed by atoms with Crippen molar-refractivity contribution < 1.29 is 28.1 Å². The molecule has 1 aliphatic heterocycles. The Balaban J connectivity index is 2.03. The van der Waals surface area contributed by atoms with Gasteiger partial charge in [-0.25, -0.2) is 9.18 Å². The van der Waals surface area contributed by atoms with Gasteiger partial charge in [0.05, 0.1) is 25.4 Å². The molecule has 5 rings (SSSR count). The Morgan fingerprint density at radius 2 is 1.79 bits per heavy atom. The number of hydrogen-bond acceptors (Lipinski definition) is 6. The minimum absolute atomic E-state index is 0.211. The average molecular weight is 534 g/mol. The van der Waals surface area contributed by atoms with Crippen LogP contribution in [0.15, 0.2) is 24.3 Å². The summed E-state index contributed by atoms with van der Waals surface area (Å²) in [4.78, 5) is 18.3. The predicted molar refractivity (Wildman–Crippen MR) is 151 cm³/mol. The lowest BCUT2D eigenvalue weighted by Gasteiger charge is -2.29. The van der Waals surface area contributed by atoms with E-state index in [0.29, 0.717) is 42.0 Å². The van der Waals surface area contributed by atoms with E-state index in [2.05, 4.69) is 0 Å². The molecule has 1 atom stereocenters. The monoisotopic (exact) mass is 533 g/mol. The highest BCUT2D eigenvalue weighted by molar-refractivity contribution is 6.28. The molecule has 1 aliphatic rings. The molecule has 0 radical (unpaired) electrons. The number of aromatic nitrogens is 1. The van der Waals surface area contributed by atoms with Crippen molar-refractivity contribution in [1.29, 1.82) is 0 Å². The molecule has 0 N–H and O–H groups in total. The summed E-state index contributed by atoms with van der Waals surface area (Å²) in [5, 5.41) is 5.09. The summed E-state index contributed by atoms with van der Waals surface area (Å²) in [5.41, 5.74) is 2.21. The summed E-state index contributed by atoms with van der Waals surface area (Å²) in [5.74, 6) is 0.123. The van der Waals surface area contributed by atoms with E-state index in [1.54, 1.807) is 6.92 Å². The van der Waals surface area contributed by atoms with Gasteiger partial charge in [-0.05, 0) is 107 Å². The summed E-state index contributed by atoms with van der Waals surface area (Å²) in [7, 11) is 0. The number of fused-ring (bicyclic) bond motifs is 8. The Labute approximate surface area is 228 Å². The van der Waals surface area contributed by atoms with Crippen molar-refractivity contribution in [2.24, 2.45) is 0 Å². The van der Waals surface area contributed by atoms with Crippen LogP contribution < -0.4 is 9.47 Å². The fraction of sp³-hybridized carbons (Fsp3) is 0.438. The molecule has 0 fully saturated rings. The second-order valence-electron chi connectivity index (χ2n) is 11.0. The van der Waals surface area contributed by atoms with E-state index in [4.69, 9.17) is 23.9 Å². The topological polar surface area (TPSA) is 66.9 Å². The molecule has 6 nitrogen and oxygen atoms in total. The van der Waals surface area contributed by atoms with Gasteiger partial charge in [-0.15, -0.1) is 0 Å². The van der Waals surface area contributed by atoms with E-state index in [-0.39, 0.29) is 6.61 Å². The van der Waals surface area contributed by atoms with Crippen LogP contribution >= 0.6 is 0 Å². The maximum atomic E-state index is 15.7. The number of benzene rings is 3. The zero-order valence-corrected chi connectivity index (χ0v) is 23.8. The number of hydrogen-bond donors (Lipinski definition) is 0. The minimum Gasteiger partial charge on any atom is -0.494 e. The van der Waals surface area contributed by atoms with E-state index in [9.17, 15) is 4.79 Å². The molecule has 39 heavy (non-hydrogen) atoms. The Morgan fingerprint density at radius 1 is 1.03 bits per heavy atom. The predicted octanol–water partition coefficient (Wildman–Crippen LogP) is 7.44. The van der Waals surface area contributed by atoms with Crippen molar-refractivity contribution >= 4 is 38.3 Å². The normalized spacial score (nSPS) is 14.4. The number of pyridine rings is 1. The van der Waals surface area contributed by atoms with Gasteiger partial charge in [-0.1, -0.05) is 0 Å². The molecule has 0 spiro atoms. The molecule has 206 valence electrons. The van der Waals surface area contributed by atoms with Crippen LogP contribution in [0.4, 0.5) is 4.39 Å². The van der Waals surface area contributed by atoms with Crippen LogP contribution in [0.1, 0.15) is 69.7 Å². The van der Waals surface area contributed by atoms with E-state index in [1.807, 2.05) is 59.7 Å². The standard InChI is InChI=1S/C32H36FNO5/c1-8-36-19-12-13-20-22(15-19)27-21-11-10-14-38-29(21)24(33)16-23(27)28-25(20)17(3)34-18(4)26(28)30(31(35)37-9-2)39-32(5,6)7/h12-13,15-16,30H,8-11,14H2,1-7H3/t30-/m0/s1. The molecule has 7 heteroatoms. The molecule has 4 aromatic rings. The fourth-order valence-corrected chi connectivity index (χ4v) is 5.80. The van der Waals surface area contributed by atoms with Crippen molar-refractivity contribution in [3.05, 3.63) is 52.6 Å². The third kappa shape index (κ3) is 4.78. The maximum Gasteiger partial charge on any atom is 0.340 e. The van der Waals surface area contributed by atoms with Gasteiger partial charge in [0, 0.05) is 33.3 Å². The summed E-state index contributed by atoms with van der Waals surface area (Å²) >= 11 is 0. The number of esters is 1. The molecule has 0 saturated carbocycles. The molecule has 0 unspecified atom stereocenters. The largest absolute Gasteiger partial charge is 0.494 e. The van der Waals surface area contributed by atoms with Gasteiger partial charge in [-0.3, -0.25) is 4.98 Å². The number of carbonyl (C=O) groups is 1. The van der Waals surface area contributed by atoms with Crippen molar-refractivity contribution in [2.45, 2.75) is 73.0 Å². The van der Waals surface area contributed by atoms with Crippen LogP contribution in [0.25, 0.3) is 32.3 Å². The maximum absolute atomic E-state index is 15.7. The molecule has 0 aliphatic carbocycles. The first-order valence-corrected chi connectivity index (χ1v) is 13.7. The van der Waals surface area contributed by atoms with Crippen LogP contribution in [0.5, 0.6) is 11.5 Å². The van der Waals surface area contributed by atoms with Crippen LogP contribution in [-0.4, -0.2) is 36.4 Å². The summed E-state index contributed by atoms with van der Waals surface area (Å²) in [6.45, 7) is 14.4. The zero-order valence-electron chi connectivity index (χ0n) is 23.8. The van der Waals surface area contributed by atoms with Crippen molar-refractivity contribution in [3.63, 3.8) is 0 Å². The molecule has 0 saturated heterocycles. The third-order valence-corrected chi connectivity index (χ3v) is 7.10.